The molecule has 1 amide bonds. The summed E-state index contributed by atoms with van der Waals surface area (Å²) in [5.74, 6) is 0.465. The van der Waals surface area contributed by atoms with Crippen molar-refractivity contribution in [1.82, 2.24) is 10.3 Å². The van der Waals surface area contributed by atoms with Gasteiger partial charge < -0.3 is 10.6 Å². The van der Waals surface area contributed by atoms with E-state index >= 15 is 0 Å². The van der Waals surface area contributed by atoms with Crippen molar-refractivity contribution in [2.24, 2.45) is 5.92 Å². The minimum absolute atomic E-state index is 0.111. The van der Waals surface area contributed by atoms with Gasteiger partial charge in [-0.2, -0.15) is 0 Å². The molecule has 112 valence electrons. The van der Waals surface area contributed by atoms with Crippen LogP contribution in [0, 0.1) is 5.92 Å². The summed E-state index contributed by atoms with van der Waals surface area (Å²) in [6.45, 7) is 7.81. The van der Waals surface area contributed by atoms with Gasteiger partial charge in [-0.15, -0.1) is 0 Å². The van der Waals surface area contributed by atoms with Gasteiger partial charge in [0.1, 0.15) is 5.69 Å². The first-order chi connectivity index (χ1) is 10.1. The normalized spacial score (nSPS) is 10.9. The van der Waals surface area contributed by atoms with Crippen LogP contribution in [0.25, 0.3) is 10.9 Å². The Kier molecular flexibility index (Phi) is 5.14. The standard InChI is InChI=1S/C17H23N3O/c1-4-18-15-11-16(17(21)19-10-9-12(2)3)20-14-8-6-5-7-13(14)15/h5-8,11-12H,4,9-10H2,1-3H3,(H,18,20)(H,19,21). The SMILES string of the molecule is CCNc1cc(C(=O)NCCC(C)C)nc2ccccc12. The Bertz CT molecular complexity index is 622. The number of carbonyl (C=O) groups excluding carboxylic acids is 1. The third kappa shape index (κ3) is 3.94. The number of amides is 1. The quantitative estimate of drug-likeness (QED) is 0.854. The molecule has 2 rings (SSSR count). The van der Waals surface area contributed by atoms with Crippen LogP contribution in [0.1, 0.15) is 37.7 Å². The van der Waals surface area contributed by atoms with Gasteiger partial charge in [0.2, 0.25) is 0 Å². The average Bonchev–Trinajstić information content (AvgIpc) is 2.47. The van der Waals surface area contributed by atoms with Crippen molar-refractivity contribution in [2.75, 3.05) is 18.4 Å². The third-order valence-electron chi connectivity index (χ3n) is 3.32. The van der Waals surface area contributed by atoms with Crippen molar-refractivity contribution in [3.63, 3.8) is 0 Å². The van der Waals surface area contributed by atoms with Crippen molar-refractivity contribution in [2.45, 2.75) is 27.2 Å². The lowest BCUT2D eigenvalue weighted by atomic mass is 10.1. The Morgan fingerprint density at radius 2 is 2.05 bits per heavy atom. The number of pyridine rings is 1. The smallest absolute Gasteiger partial charge is 0.269 e. The summed E-state index contributed by atoms with van der Waals surface area (Å²) in [7, 11) is 0. The van der Waals surface area contributed by atoms with E-state index in [2.05, 4.69) is 29.5 Å². The summed E-state index contributed by atoms with van der Waals surface area (Å²) in [6.07, 6.45) is 0.972. The molecular formula is C17H23N3O. The van der Waals surface area contributed by atoms with E-state index in [1.807, 2.05) is 37.3 Å². The van der Waals surface area contributed by atoms with Crippen molar-refractivity contribution in [1.29, 1.82) is 0 Å². The first-order valence-corrected chi connectivity index (χ1v) is 7.53. The van der Waals surface area contributed by atoms with E-state index < -0.39 is 0 Å². The first-order valence-electron chi connectivity index (χ1n) is 7.53. The molecule has 0 aliphatic heterocycles. The number of nitrogens with zero attached hydrogens (tertiary/aromatic N) is 1. The Morgan fingerprint density at radius 3 is 2.76 bits per heavy atom. The molecule has 2 N–H and O–H groups in total. The van der Waals surface area contributed by atoms with Crippen molar-refractivity contribution >= 4 is 22.5 Å². The fraction of sp³-hybridized carbons (Fsp3) is 0.412. The number of fused-ring (bicyclic) bond motifs is 1. The second kappa shape index (κ2) is 7.07. The topological polar surface area (TPSA) is 54.0 Å². The summed E-state index contributed by atoms with van der Waals surface area (Å²) >= 11 is 0. The molecule has 0 atom stereocenters. The lowest BCUT2D eigenvalue weighted by Crippen LogP contribution is -2.26. The molecule has 0 aliphatic carbocycles. The molecule has 0 radical (unpaired) electrons. The van der Waals surface area contributed by atoms with E-state index in [1.54, 1.807) is 0 Å². The van der Waals surface area contributed by atoms with E-state index in [-0.39, 0.29) is 5.91 Å². The number of hydrogen-bond donors (Lipinski definition) is 2. The predicted molar refractivity (Wildman–Crippen MR) is 87.7 cm³/mol. The van der Waals surface area contributed by atoms with Crippen LogP contribution >= 0.6 is 0 Å². The fourth-order valence-corrected chi connectivity index (χ4v) is 2.19. The highest BCUT2D eigenvalue weighted by Crippen LogP contribution is 2.22. The van der Waals surface area contributed by atoms with Crippen molar-refractivity contribution in [3.8, 4) is 0 Å². The Morgan fingerprint density at radius 1 is 1.29 bits per heavy atom. The molecule has 0 unspecified atom stereocenters. The Labute approximate surface area is 126 Å². The molecule has 21 heavy (non-hydrogen) atoms. The number of anilines is 1. The molecule has 1 aromatic heterocycles. The Balaban J connectivity index is 2.25. The largest absolute Gasteiger partial charge is 0.385 e. The van der Waals surface area contributed by atoms with Gasteiger partial charge in [-0.05, 0) is 31.4 Å². The van der Waals surface area contributed by atoms with E-state index in [0.717, 1.165) is 29.6 Å². The maximum atomic E-state index is 12.2. The van der Waals surface area contributed by atoms with Gasteiger partial charge >= 0.3 is 0 Å². The molecule has 1 aromatic carbocycles. The van der Waals surface area contributed by atoms with Crippen LogP contribution in [0.2, 0.25) is 0 Å². The van der Waals surface area contributed by atoms with Crippen LogP contribution in [0.4, 0.5) is 5.69 Å². The molecular weight excluding hydrogens is 262 g/mol. The zero-order chi connectivity index (χ0) is 15.2. The number of rotatable bonds is 6. The molecule has 0 spiro atoms. The van der Waals surface area contributed by atoms with Gasteiger partial charge in [0.05, 0.1) is 5.52 Å². The monoisotopic (exact) mass is 285 g/mol. The fourth-order valence-electron chi connectivity index (χ4n) is 2.19. The number of para-hydroxylation sites is 1. The maximum Gasteiger partial charge on any atom is 0.269 e. The number of benzene rings is 1. The summed E-state index contributed by atoms with van der Waals surface area (Å²) < 4.78 is 0. The first kappa shape index (κ1) is 15.3. The highest BCUT2D eigenvalue weighted by molar-refractivity contribution is 5.99. The molecule has 0 bridgehead atoms. The molecule has 0 aliphatic rings. The lowest BCUT2D eigenvalue weighted by Gasteiger charge is -2.11. The highest BCUT2D eigenvalue weighted by atomic mass is 16.1. The number of nitrogens with one attached hydrogen (secondary N) is 2. The minimum atomic E-state index is -0.111. The third-order valence-corrected chi connectivity index (χ3v) is 3.32. The van der Waals surface area contributed by atoms with Crippen LogP contribution < -0.4 is 10.6 Å². The average molecular weight is 285 g/mol. The number of carbonyl (C=O) groups is 1. The van der Waals surface area contributed by atoms with Crippen LogP contribution in [0.3, 0.4) is 0 Å². The highest BCUT2D eigenvalue weighted by Gasteiger charge is 2.11. The summed E-state index contributed by atoms with van der Waals surface area (Å²) in [5, 5.41) is 7.28. The lowest BCUT2D eigenvalue weighted by molar-refractivity contribution is 0.0947. The summed E-state index contributed by atoms with van der Waals surface area (Å²) in [4.78, 5) is 16.7. The van der Waals surface area contributed by atoms with Crippen LogP contribution in [0.5, 0.6) is 0 Å². The van der Waals surface area contributed by atoms with E-state index in [4.69, 9.17) is 0 Å². The number of hydrogen-bond acceptors (Lipinski definition) is 3. The summed E-state index contributed by atoms with van der Waals surface area (Å²) in [6, 6.07) is 9.69. The zero-order valence-electron chi connectivity index (χ0n) is 12.9. The number of aromatic nitrogens is 1. The molecule has 2 aromatic rings. The zero-order valence-corrected chi connectivity index (χ0v) is 12.9. The van der Waals surface area contributed by atoms with Crippen molar-refractivity contribution in [3.05, 3.63) is 36.0 Å². The van der Waals surface area contributed by atoms with Gasteiger partial charge in [0.15, 0.2) is 0 Å². The second-order valence-corrected chi connectivity index (χ2v) is 5.54. The van der Waals surface area contributed by atoms with Crippen molar-refractivity contribution < 1.29 is 4.79 Å². The van der Waals surface area contributed by atoms with Crippen LogP contribution in [-0.4, -0.2) is 24.0 Å². The van der Waals surface area contributed by atoms with Gasteiger partial charge in [-0.1, -0.05) is 32.0 Å². The Hall–Kier alpha value is -2.10. The van der Waals surface area contributed by atoms with Crippen LogP contribution in [-0.2, 0) is 0 Å². The molecule has 4 heteroatoms. The van der Waals surface area contributed by atoms with Gasteiger partial charge in [-0.3, -0.25) is 4.79 Å². The maximum absolute atomic E-state index is 12.2. The van der Waals surface area contributed by atoms with E-state index in [0.29, 0.717) is 18.2 Å². The summed E-state index contributed by atoms with van der Waals surface area (Å²) in [5.41, 5.74) is 2.26. The van der Waals surface area contributed by atoms with E-state index in [1.165, 1.54) is 0 Å². The molecule has 0 saturated heterocycles. The molecule has 0 fully saturated rings. The van der Waals surface area contributed by atoms with Crippen LogP contribution in [0.15, 0.2) is 30.3 Å². The molecule has 0 saturated carbocycles. The van der Waals surface area contributed by atoms with E-state index in [9.17, 15) is 4.79 Å². The predicted octanol–water partition coefficient (Wildman–Crippen LogP) is 3.44. The van der Waals surface area contributed by atoms with Gasteiger partial charge in [0.25, 0.3) is 5.91 Å². The van der Waals surface area contributed by atoms with Gasteiger partial charge in [0, 0.05) is 24.2 Å². The molecule has 4 nitrogen and oxygen atoms in total. The second-order valence-electron chi connectivity index (χ2n) is 5.54. The van der Waals surface area contributed by atoms with Gasteiger partial charge in [-0.25, -0.2) is 4.98 Å². The molecule has 1 heterocycles. The minimum Gasteiger partial charge on any atom is -0.385 e.